The van der Waals surface area contributed by atoms with Gasteiger partial charge in [-0.15, -0.1) is 10.2 Å². The molecule has 0 spiro atoms. The van der Waals surface area contributed by atoms with E-state index in [2.05, 4.69) is 25.3 Å². The summed E-state index contributed by atoms with van der Waals surface area (Å²) >= 11 is 1.06. The van der Waals surface area contributed by atoms with Gasteiger partial charge in [-0.3, -0.25) is 4.72 Å². The molecule has 176 valence electrons. The van der Waals surface area contributed by atoms with Crippen LogP contribution >= 0.6 is 11.3 Å². The molecular weight excluding hydrogens is 487 g/mol. The summed E-state index contributed by atoms with van der Waals surface area (Å²) in [5.74, 6) is -0.290. The normalized spacial score (nSPS) is 11.4. The monoisotopic (exact) mass is 506 g/mol. The van der Waals surface area contributed by atoms with Crippen molar-refractivity contribution in [1.82, 2.24) is 20.0 Å². The summed E-state index contributed by atoms with van der Waals surface area (Å²) < 4.78 is 44.6. The summed E-state index contributed by atoms with van der Waals surface area (Å²) in [6, 6.07) is 24.4. The van der Waals surface area contributed by atoms with Crippen molar-refractivity contribution in [3.8, 4) is 16.3 Å². The standard InChI is InChI=1S/C24H19FN6O2S2/c1-16-14-22(31(29-16)19-10-6-3-7-11-19)26-18-12-13-21(20(25)15-18)35(32,33)30-24-28-27-23(34-24)17-8-4-2-5-9-17/h2-15,26H,1H3,(H,28,30). The largest absolute Gasteiger partial charge is 0.340 e. The number of halogens is 1. The molecule has 0 radical (unpaired) electrons. The minimum atomic E-state index is -4.21. The number of aromatic nitrogens is 4. The van der Waals surface area contributed by atoms with E-state index in [1.165, 1.54) is 12.1 Å². The Balaban J connectivity index is 1.37. The quantitative estimate of drug-likeness (QED) is 0.307. The van der Waals surface area contributed by atoms with Gasteiger partial charge in [-0.25, -0.2) is 17.5 Å². The Labute approximate surface area is 205 Å². The van der Waals surface area contributed by atoms with Crippen molar-refractivity contribution >= 4 is 38.0 Å². The molecule has 8 nitrogen and oxygen atoms in total. The van der Waals surface area contributed by atoms with Crippen molar-refractivity contribution < 1.29 is 12.8 Å². The SMILES string of the molecule is Cc1cc(Nc2ccc(S(=O)(=O)Nc3nnc(-c4ccccc4)s3)c(F)c2)n(-c2ccccc2)n1. The minimum Gasteiger partial charge on any atom is -0.340 e. The number of aryl methyl sites for hydroxylation is 1. The van der Waals surface area contributed by atoms with Crippen LogP contribution in [0.3, 0.4) is 0 Å². The van der Waals surface area contributed by atoms with E-state index in [9.17, 15) is 12.8 Å². The molecule has 0 unspecified atom stereocenters. The molecule has 2 aromatic heterocycles. The summed E-state index contributed by atoms with van der Waals surface area (Å²) in [5, 5.41) is 16.1. The van der Waals surface area contributed by atoms with Gasteiger partial charge in [0.1, 0.15) is 21.5 Å². The molecule has 0 atom stereocenters. The van der Waals surface area contributed by atoms with Crippen molar-refractivity contribution in [3.63, 3.8) is 0 Å². The van der Waals surface area contributed by atoms with Crippen LogP contribution in [0.15, 0.2) is 89.8 Å². The Morgan fingerprint density at radius 1 is 0.914 bits per heavy atom. The van der Waals surface area contributed by atoms with Gasteiger partial charge in [0.15, 0.2) is 0 Å². The number of anilines is 3. The third kappa shape index (κ3) is 4.91. The lowest BCUT2D eigenvalue weighted by atomic mass is 10.2. The maximum Gasteiger partial charge on any atom is 0.266 e. The highest BCUT2D eigenvalue weighted by Crippen LogP contribution is 2.29. The summed E-state index contributed by atoms with van der Waals surface area (Å²) in [5.41, 5.74) is 2.79. The van der Waals surface area contributed by atoms with E-state index in [0.29, 0.717) is 16.5 Å². The van der Waals surface area contributed by atoms with Crippen molar-refractivity contribution in [1.29, 1.82) is 0 Å². The van der Waals surface area contributed by atoms with Crippen LogP contribution in [0.5, 0.6) is 0 Å². The van der Waals surface area contributed by atoms with E-state index in [1.54, 1.807) is 4.68 Å². The summed E-state index contributed by atoms with van der Waals surface area (Å²) in [4.78, 5) is -0.493. The second kappa shape index (κ2) is 9.28. The van der Waals surface area contributed by atoms with Crippen molar-refractivity contribution in [2.45, 2.75) is 11.8 Å². The van der Waals surface area contributed by atoms with Gasteiger partial charge in [-0.1, -0.05) is 59.9 Å². The summed E-state index contributed by atoms with van der Waals surface area (Å²) in [7, 11) is -4.21. The molecule has 5 aromatic rings. The Morgan fingerprint density at radius 3 is 2.34 bits per heavy atom. The van der Waals surface area contributed by atoms with Crippen LogP contribution in [-0.2, 0) is 10.0 Å². The molecule has 35 heavy (non-hydrogen) atoms. The van der Waals surface area contributed by atoms with Crippen LogP contribution in [0, 0.1) is 12.7 Å². The van der Waals surface area contributed by atoms with Crippen LogP contribution in [0.4, 0.5) is 21.0 Å². The van der Waals surface area contributed by atoms with E-state index in [4.69, 9.17) is 0 Å². The molecule has 5 rings (SSSR count). The van der Waals surface area contributed by atoms with Gasteiger partial charge in [0, 0.05) is 17.3 Å². The first kappa shape index (κ1) is 22.7. The number of nitrogens with zero attached hydrogens (tertiary/aromatic N) is 4. The summed E-state index contributed by atoms with van der Waals surface area (Å²) in [6.45, 7) is 1.85. The molecule has 11 heteroatoms. The highest BCUT2D eigenvalue weighted by molar-refractivity contribution is 7.93. The lowest BCUT2D eigenvalue weighted by Gasteiger charge is -2.11. The van der Waals surface area contributed by atoms with Gasteiger partial charge in [0.25, 0.3) is 10.0 Å². The minimum absolute atomic E-state index is 0.0488. The molecule has 0 amide bonds. The maximum absolute atomic E-state index is 14.9. The number of benzene rings is 3. The van der Waals surface area contributed by atoms with Gasteiger partial charge >= 0.3 is 0 Å². The zero-order valence-electron chi connectivity index (χ0n) is 18.4. The molecular formula is C24H19FN6O2S2. The van der Waals surface area contributed by atoms with Crippen LogP contribution in [0.2, 0.25) is 0 Å². The fourth-order valence-corrected chi connectivity index (χ4v) is 5.47. The number of hydrogen-bond donors (Lipinski definition) is 2. The molecule has 0 aliphatic heterocycles. The molecule has 0 saturated heterocycles. The van der Waals surface area contributed by atoms with E-state index < -0.39 is 20.7 Å². The Bertz CT molecular complexity index is 1590. The lowest BCUT2D eigenvalue weighted by Crippen LogP contribution is -2.14. The van der Waals surface area contributed by atoms with E-state index in [0.717, 1.165) is 34.3 Å². The zero-order chi connectivity index (χ0) is 24.4. The predicted octanol–water partition coefficient (Wildman–Crippen LogP) is 5.38. The number of hydrogen-bond acceptors (Lipinski definition) is 7. The number of nitrogens with one attached hydrogen (secondary N) is 2. The Hall–Kier alpha value is -4.09. The summed E-state index contributed by atoms with van der Waals surface area (Å²) in [6.07, 6.45) is 0. The smallest absolute Gasteiger partial charge is 0.266 e. The first-order chi connectivity index (χ1) is 16.9. The number of sulfonamides is 1. The molecule has 3 aromatic carbocycles. The third-order valence-electron chi connectivity index (χ3n) is 4.99. The number of rotatable bonds is 7. The third-order valence-corrected chi connectivity index (χ3v) is 7.38. The van der Waals surface area contributed by atoms with E-state index in [1.807, 2.05) is 73.7 Å². The molecule has 0 fully saturated rings. The number of para-hydroxylation sites is 1. The van der Waals surface area contributed by atoms with Crippen molar-refractivity contribution in [2.75, 3.05) is 10.0 Å². The molecule has 2 N–H and O–H groups in total. The van der Waals surface area contributed by atoms with E-state index in [-0.39, 0.29) is 5.13 Å². The molecule has 0 bridgehead atoms. The average molecular weight is 507 g/mol. The molecule has 2 heterocycles. The lowest BCUT2D eigenvalue weighted by molar-refractivity contribution is 0.570. The van der Waals surface area contributed by atoms with Crippen LogP contribution < -0.4 is 10.0 Å². The molecule has 0 aliphatic rings. The van der Waals surface area contributed by atoms with Crippen LogP contribution in [-0.4, -0.2) is 28.4 Å². The average Bonchev–Trinajstić information content (AvgIpc) is 3.46. The Morgan fingerprint density at radius 2 is 1.63 bits per heavy atom. The van der Waals surface area contributed by atoms with E-state index >= 15 is 0 Å². The molecule has 0 saturated carbocycles. The fourth-order valence-electron chi connectivity index (χ4n) is 3.43. The zero-order valence-corrected chi connectivity index (χ0v) is 20.0. The van der Waals surface area contributed by atoms with Gasteiger partial charge in [-0.05, 0) is 37.3 Å². The highest BCUT2D eigenvalue weighted by atomic mass is 32.2. The Kier molecular flexibility index (Phi) is 6.01. The van der Waals surface area contributed by atoms with Crippen LogP contribution in [0.1, 0.15) is 5.69 Å². The van der Waals surface area contributed by atoms with Gasteiger partial charge < -0.3 is 5.32 Å². The van der Waals surface area contributed by atoms with Gasteiger partial charge in [-0.2, -0.15) is 5.10 Å². The van der Waals surface area contributed by atoms with Crippen molar-refractivity contribution in [2.24, 2.45) is 0 Å². The van der Waals surface area contributed by atoms with Crippen LogP contribution in [0.25, 0.3) is 16.3 Å². The first-order valence-electron chi connectivity index (χ1n) is 10.5. The first-order valence-corrected chi connectivity index (χ1v) is 12.8. The van der Waals surface area contributed by atoms with Gasteiger partial charge in [0.05, 0.1) is 11.4 Å². The van der Waals surface area contributed by atoms with Gasteiger partial charge in [0.2, 0.25) is 5.13 Å². The predicted molar refractivity (Wildman–Crippen MR) is 134 cm³/mol. The van der Waals surface area contributed by atoms with Crippen molar-refractivity contribution in [3.05, 3.63) is 96.4 Å². The second-order valence-corrected chi connectivity index (χ2v) is 10.2. The molecule has 0 aliphatic carbocycles. The topological polar surface area (TPSA) is 102 Å². The second-order valence-electron chi connectivity index (χ2n) is 7.57. The highest BCUT2D eigenvalue weighted by Gasteiger charge is 2.22. The maximum atomic E-state index is 14.9. The fraction of sp³-hybridized carbons (Fsp3) is 0.0417.